The summed E-state index contributed by atoms with van der Waals surface area (Å²) in [6.45, 7) is 18.5. The number of hydrogen-bond acceptors (Lipinski definition) is 3. The summed E-state index contributed by atoms with van der Waals surface area (Å²) in [6, 6.07) is 0. The van der Waals surface area contributed by atoms with Gasteiger partial charge in [0.05, 0.1) is 0 Å². The second-order valence-corrected chi connectivity index (χ2v) is 7.11. The molecular weight excluding hydrogens is 264 g/mol. The van der Waals surface area contributed by atoms with Crippen LogP contribution in [0.5, 0.6) is 0 Å². The van der Waals surface area contributed by atoms with Gasteiger partial charge in [0, 0.05) is 25.0 Å². The molecule has 0 bridgehead atoms. The fourth-order valence-corrected chi connectivity index (χ4v) is 3.49. The van der Waals surface area contributed by atoms with E-state index in [4.69, 9.17) is 0 Å². The van der Waals surface area contributed by atoms with E-state index in [2.05, 4.69) is 42.9 Å². The number of thiol groups is 1. The van der Waals surface area contributed by atoms with Crippen LogP contribution in [-0.2, 0) is 0 Å². The van der Waals surface area contributed by atoms with Gasteiger partial charge >= 0.3 is 0 Å². The SMILES string of the molecule is C=C(C)CN1CCC(CC2CN(C(C)S)C2)CC1.CC. The van der Waals surface area contributed by atoms with E-state index in [9.17, 15) is 0 Å². The lowest BCUT2D eigenvalue weighted by atomic mass is 9.83. The van der Waals surface area contributed by atoms with E-state index in [-0.39, 0.29) is 0 Å². The van der Waals surface area contributed by atoms with Crippen molar-refractivity contribution in [1.82, 2.24) is 9.80 Å². The Labute approximate surface area is 132 Å². The number of rotatable bonds is 5. The van der Waals surface area contributed by atoms with Crippen LogP contribution >= 0.6 is 12.6 Å². The van der Waals surface area contributed by atoms with Crippen LogP contribution in [0, 0.1) is 11.8 Å². The third kappa shape index (κ3) is 5.79. The zero-order valence-electron chi connectivity index (χ0n) is 13.9. The van der Waals surface area contributed by atoms with Gasteiger partial charge < -0.3 is 0 Å². The molecule has 2 rings (SSSR count). The van der Waals surface area contributed by atoms with Gasteiger partial charge in [0.2, 0.25) is 0 Å². The molecule has 1 atom stereocenters. The van der Waals surface area contributed by atoms with Crippen LogP contribution in [0.4, 0.5) is 0 Å². The lowest BCUT2D eigenvalue weighted by Gasteiger charge is -2.44. The van der Waals surface area contributed by atoms with Crippen molar-refractivity contribution in [2.45, 2.75) is 52.3 Å². The van der Waals surface area contributed by atoms with E-state index < -0.39 is 0 Å². The average Bonchev–Trinajstić information content (AvgIpc) is 2.36. The van der Waals surface area contributed by atoms with E-state index in [1.807, 2.05) is 13.8 Å². The normalized spacial score (nSPS) is 23.6. The lowest BCUT2D eigenvalue weighted by molar-refractivity contribution is 0.0642. The highest BCUT2D eigenvalue weighted by atomic mass is 32.1. The minimum atomic E-state index is 0.443. The molecule has 0 amide bonds. The molecule has 2 aliphatic rings. The number of hydrogen-bond donors (Lipinski definition) is 1. The molecule has 20 heavy (non-hydrogen) atoms. The second kappa shape index (κ2) is 9.11. The fourth-order valence-electron chi connectivity index (χ4n) is 3.30. The van der Waals surface area contributed by atoms with Crippen molar-refractivity contribution in [3.63, 3.8) is 0 Å². The van der Waals surface area contributed by atoms with Gasteiger partial charge in [-0.2, -0.15) is 12.6 Å². The molecule has 2 fully saturated rings. The summed E-state index contributed by atoms with van der Waals surface area (Å²) < 4.78 is 0. The van der Waals surface area contributed by atoms with E-state index >= 15 is 0 Å². The molecule has 0 saturated carbocycles. The monoisotopic (exact) mass is 298 g/mol. The van der Waals surface area contributed by atoms with Crippen LogP contribution < -0.4 is 0 Å². The minimum absolute atomic E-state index is 0.443. The largest absolute Gasteiger partial charge is 0.299 e. The Balaban J connectivity index is 0.000000956. The van der Waals surface area contributed by atoms with E-state index in [1.165, 1.54) is 51.0 Å². The fraction of sp³-hybridized carbons (Fsp3) is 0.882. The zero-order valence-corrected chi connectivity index (χ0v) is 14.8. The molecule has 0 aliphatic carbocycles. The highest BCUT2D eigenvalue weighted by Gasteiger charge is 2.31. The van der Waals surface area contributed by atoms with Crippen LogP contribution in [0.15, 0.2) is 12.2 Å². The maximum absolute atomic E-state index is 4.49. The lowest BCUT2D eigenvalue weighted by Crippen LogP contribution is -2.50. The summed E-state index contributed by atoms with van der Waals surface area (Å²) in [5.74, 6) is 1.91. The molecule has 118 valence electrons. The first-order valence-corrected chi connectivity index (χ1v) is 8.85. The Hall–Kier alpha value is 0.0100. The molecule has 2 heterocycles. The summed E-state index contributed by atoms with van der Waals surface area (Å²) in [7, 11) is 0. The smallest absolute Gasteiger partial charge is 0.0499 e. The third-order valence-electron chi connectivity index (χ3n) is 4.38. The molecule has 0 spiro atoms. The Morgan fingerprint density at radius 1 is 1.20 bits per heavy atom. The highest BCUT2D eigenvalue weighted by Crippen LogP contribution is 2.30. The van der Waals surface area contributed by atoms with Gasteiger partial charge in [0.25, 0.3) is 0 Å². The van der Waals surface area contributed by atoms with Gasteiger partial charge in [-0.25, -0.2) is 0 Å². The average molecular weight is 299 g/mol. The number of likely N-dealkylation sites (tertiary alicyclic amines) is 2. The number of nitrogens with zero attached hydrogens (tertiary/aromatic N) is 2. The molecule has 2 saturated heterocycles. The molecule has 3 heteroatoms. The topological polar surface area (TPSA) is 6.48 Å². The Kier molecular flexibility index (Phi) is 8.23. The van der Waals surface area contributed by atoms with Crippen molar-refractivity contribution >= 4 is 12.6 Å². The summed E-state index contributed by atoms with van der Waals surface area (Å²) in [5.41, 5.74) is 1.30. The summed E-state index contributed by atoms with van der Waals surface area (Å²) in [6.07, 6.45) is 4.22. The molecule has 0 radical (unpaired) electrons. The summed E-state index contributed by atoms with van der Waals surface area (Å²) in [4.78, 5) is 5.02. The predicted octanol–water partition coefficient (Wildman–Crippen LogP) is 3.90. The summed E-state index contributed by atoms with van der Waals surface area (Å²) in [5, 5.41) is 0.443. The van der Waals surface area contributed by atoms with Gasteiger partial charge in [-0.15, -0.1) is 0 Å². The first-order chi connectivity index (χ1) is 9.54. The standard InChI is InChI=1S/C15H28N2S.C2H6/c1-12(2)9-16-6-4-14(5-7-16)8-15-10-17(11-15)13(3)18;1-2/h13-15,18H,1,4-11H2,2-3H3;1-2H3. The van der Waals surface area contributed by atoms with Crippen LogP contribution in [0.2, 0.25) is 0 Å². The third-order valence-corrected chi connectivity index (χ3v) is 4.71. The van der Waals surface area contributed by atoms with Gasteiger partial charge in [-0.3, -0.25) is 9.80 Å². The second-order valence-electron chi connectivity index (χ2n) is 6.36. The molecule has 2 aliphatic heterocycles. The summed E-state index contributed by atoms with van der Waals surface area (Å²) >= 11 is 4.49. The molecule has 0 aromatic carbocycles. The van der Waals surface area contributed by atoms with Crippen molar-refractivity contribution in [3.8, 4) is 0 Å². The highest BCUT2D eigenvalue weighted by molar-refractivity contribution is 7.80. The minimum Gasteiger partial charge on any atom is -0.299 e. The Bertz CT molecular complexity index is 277. The van der Waals surface area contributed by atoms with Crippen molar-refractivity contribution < 1.29 is 0 Å². The predicted molar refractivity (Wildman–Crippen MR) is 93.5 cm³/mol. The zero-order chi connectivity index (χ0) is 15.1. The van der Waals surface area contributed by atoms with Crippen LogP contribution in [-0.4, -0.2) is 47.9 Å². The maximum atomic E-state index is 4.49. The van der Waals surface area contributed by atoms with Crippen LogP contribution in [0.1, 0.15) is 47.0 Å². The molecule has 0 aromatic heterocycles. The first kappa shape index (κ1) is 18.1. The van der Waals surface area contributed by atoms with Crippen molar-refractivity contribution in [1.29, 1.82) is 0 Å². The van der Waals surface area contributed by atoms with E-state index in [0.29, 0.717) is 5.37 Å². The van der Waals surface area contributed by atoms with Crippen molar-refractivity contribution in [2.24, 2.45) is 11.8 Å². The van der Waals surface area contributed by atoms with Crippen LogP contribution in [0.3, 0.4) is 0 Å². The van der Waals surface area contributed by atoms with Crippen molar-refractivity contribution in [2.75, 3.05) is 32.7 Å². The Morgan fingerprint density at radius 2 is 1.75 bits per heavy atom. The van der Waals surface area contributed by atoms with E-state index in [0.717, 1.165) is 18.4 Å². The quantitative estimate of drug-likeness (QED) is 0.607. The van der Waals surface area contributed by atoms with Gasteiger partial charge in [0.1, 0.15) is 0 Å². The van der Waals surface area contributed by atoms with Gasteiger partial charge in [-0.05, 0) is 58.0 Å². The van der Waals surface area contributed by atoms with Crippen molar-refractivity contribution in [3.05, 3.63) is 12.2 Å². The maximum Gasteiger partial charge on any atom is 0.0499 e. The Morgan fingerprint density at radius 3 is 2.20 bits per heavy atom. The first-order valence-electron chi connectivity index (χ1n) is 8.33. The molecule has 2 nitrogen and oxygen atoms in total. The number of piperidine rings is 1. The van der Waals surface area contributed by atoms with Gasteiger partial charge in [-0.1, -0.05) is 26.0 Å². The molecule has 1 unspecified atom stereocenters. The molecule has 0 N–H and O–H groups in total. The molecular formula is C17H34N2S. The van der Waals surface area contributed by atoms with Crippen LogP contribution in [0.25, 0.3) is 0 Å². The molecule has 0 aromatic rings. The van der Waals surface area contributed by atoms with Gasteiger partial charge in [0.15, 0.2) is 0 Å². The van der Waals surface area contributed by atoms with E-state index in [1.54, 1.807) is 0 Å².